The van der Waals surface area contributed by atoms with Gasteiger partial charge < -0.3 is 44.5 Å². The van der Waals surface area contributed by atoms with Gasteiger partial charge >= 0.3 is 13.2 Å². The molecule has 6 aliphatic rings. The van der Waals surface area contributed by atoms with E-state index in [1.807, 2.05) is 29.2 Å². The number of nitrogens with zero attached hydrogens (tertiary/aromatic N) is 2. The van der Waals surface area contributed by atoms with E-state index in [2.05, 4.69) is 25.1 Å². The molecule has 6 fully saturated rings. The molecule has 2 saturated carbocycles. The summed E-state index contributed by atoms with van der Waals surface area (Å²) in [5, 5.41) is 40.7. The predicted molar refractivity (Wildman–Crippen MR) is 217 cm³/mol. The molecule has 15 heteroatoms. The fourth-order valence-electron chi connectivity index (χ4n) is 10.1. The molecular weight excluding hydrogens is 753 g/mol. The Morgan fingerprint density at radius 3 is 1.86 bits per heavy atom. The first kappa shape index (κ1) is 44.2. The van der Waals surface area contributed by atoms with Crippen LogP contribution in [0.15, 0.2) is 72.9 Å². The van der Waals surface area contributed by atoms with Crippen LogP contribution in [-0.4, -0.2) is 109 Å². The van der Waals surface area contributed by atoms with Gasteiger partial charge in [0.15, 0.2) is 0 Å². The molecular formula is C42H57BClN3O10. The first-order chi connectivity index (χ1) is 27.3. The number of aliphatic hydroxyl groups excluding tert-OH is 2. The van der Waals surface area contributed by atoms with Crippen molar-refractivity contribution in [3.05, 3.63) is 74.1 Å². The number of amides is 3. The number of hydrogen-bond acceptors (Lipinski definition) is 10. The van der Waals surface area contributed by atoms with E-state index in [-0.39, 0.29) is 43.0 Å². The highest BCUT2D eigenvalue weighted by atomic mass is 35.5. The maximum Gasteiger partial charge on any atom is 0.475 e. The molecule has 3 amide bonds. The summed E-state index contributed by atoms with van der Waals surface area (Å²) in [6.07, 6.45) is 18.7. The van der Waals surface area contributed by atoms with E-state index in [0.717, 1.165) is 74.3 Å². The number of allylic oxidation sites excluding steroid dienone is 1. The smallest absolute Gasteiger partial charge is 0.464 e. The summed E-state index contributed by atoms with van der Waals surface area (Å²) in [6, 6.07) is 7.92. The van der Waals surface area contributed by atoms with Gasteiger partial charge in [0.2, 0.25) is 17.1 Å². The highest BCUT2D eigenvalue weighted by molar-refractivity contribution is 6.66. The van der Waals surface area contributed by atoms with Crippen LogP contribution < -0.4 is 5.32 Å². The standard InChI is InChI=1S/C21H25BN2O6.C10H15NO2.C8H14O.C3H3ClO/c1-2-19(25)24-15-7-9-21(24,10-8-15)13-30-20(26)23-18(22(27)28)11-14-12-29-17-6-4-3-5-16(14)17;1-2-9(13)11-8-3-5-10(11,7-12)6-4-8;9-6-8-3-1-7(5-8)2-4-8;1-2-3(4)5/h2-6,12,15,18,27-28H,1,7-11,13H2,(H,23,26);2,8,12H,1,3-7H2;7,9H,1-6H2;2H,1H2/t15?,18-,21?;;;/m0.../s1. The Hall–Kier alpha value is -3.95. The van der Waals surface area contributed by atoms with E-state index in [4.69, 9.17) is 25.9 Å². The molecule has 4 saturated heterocycles. The fourth-order valence-corrected chi connectivity index (χ4v) is 10.1. The average Bonchev–Trinajstić information content (AvgIpc) is 4.12. The number of alkyl carbamates (subject to hydrolysis) is 1. The van der Waals surface area contributed by atoms with Gasteiger partial charge in [0, 0.05) is 24.1 Å². The summed E-state index contributed by atoms with van der Waals surface area (Å²) in [6.45, 7) is 10.8. The number of carbonyl (C=O) groups is 4. The second-order valence-corrected chi connectivity index (χ2v) is 16.8. The van der Waals surface area contributed by atoms with Gasteiger partial charge in [0.05, 0.1) is 29.9 Å². The highest BCUT2D eigenvalue weighted by Crippen LogP contribution is 2.53. The van der Waals surface area contributed by atoms with Gasteiger partial charge in [-0.3, -0.25) is 14.4 Å². The van der Waals surface area contributed by atoms with Crippen molar-refractivity contribution in [2.75, 3.05) is 19.8 Å². The van der Waals surface area contributed by atoms with Crippen LogP contribution in [0.2, 0.25) is 0 Å². The van der Waals surface area contributed by atoms with E-state index in [0.29, 0.717) is 23.6 Å². The molecule has 57 heavy (non-hydrogen) atoms. The van der Waals surface area contributed by atoms with Crippen LogP contribution >= 0.6 is 11.6 Å². The van der Waals surface area contributed by atoms with Crippen LogP contribution in [0.25, 0.3) is 11.0 Å². The van der Waals surface area contributed by atoms with E-state index in [1.165, 1.54) is 44.3 Å². The van der Waals surface area contributed by atoms with Crippen LogP contribution in [0.1, 0.15) is 89.0 Å². The molecule has 13 nitrogen and oxygen atoms in total. The van der Waals surface area contributed by atoms with Crippen LogP contribution in [0.4, 0.5) is 4.79 Å². The molecule has 0 spiro atoms. The maximum atomic E-state index is 12.4. The first-order valence-corrected chi connectivity index (χ1v) is 20.4. The second-order valence-electron chi connectivity index (χ2n) is 16.4. The molecule has 6 bridgehead atoms. The molecule has 0 unspecified atom stereocenters. The molecule has 1 aromatic carbocycles. The largest absolute Gasteiger partial charge is 0.475 e. The van der Waals surface area contributed by atoms with Crippen LogP contribution in [-0.2, 0) is 25.5 Å². The molecule has 2 aromatic rings. The molecule has 1 aromatic heterocycles. The lowest BCUT2D eigenvalue weighted by Crippen LogP contribution is -2.51. The van der Waals surface area contributed by atoms with Crippen LogP contribution in [0, 0.1) is 11.3 Å². The lowest BCUT2D eigenvalue weighted by molar-refractivity contribution is -0.132. The zero-order valence-corrected chi connectivity index (χ0v) is 33.4. The van der Waals surface area contributed by atoms with Crippen LogP contribution in [0.3, 0.4) is 0 Å². The summed E-state index contributed by atoms with van der Waals surface area (Å²) >= 11 is 4.71. The Morgan fingerprint density at radius 1 is 0.860 bits per heavy atom. The number of halogens is 1. The summed E-state index contributed by atoms with van der Waals surface area (Å²) < 4.78 is 10.9. The minimum absolute atomic E-state index is 0.0194. The zero-order valence-electron chi connectivity index (χ0n) is 32.7. The topological polar surface area (TPSA) is 190 Å². The minimum atomic E-state index is -1.77. The van der Waals surface area contributed by atoms with Crippen molar-refractivity contribution in [1.82, 2.24) is 15.1 Å². The lowest BCUT2D eigenvalue weighted by Gasteiger charge is -2.33. The van der Waals surface area contributed by atoms with Crippen LogP contribution in [0.5, 0.6) is 0 Å². The van der Waals surface area contributed by atoms with Gasteiger partial charge in [-0.25, -0.2) is 4.79 Å². The number of para-hydroxylation sites is 1. The highest BCUT2D eigenvalue weighted by Gasteiger charge is 2.54. The molecule has 5 heterocycles. The second kappa shape index (κ2) is 19.2. The Kier molecular flexibility index (Phi) is 14.9. The Labute approximate surface area is 339 Å². The third-order valence-corrected chi connectivity index (χ3v) is 13.3. The number of rotatable bonds is 11. The van der Waals surface area contributed by atoms with E-state index >= 15 is 0 Å². The van der Waals surface area contributed by atoms with E-state index in [9.17, 15) is 34.3 Å². The van der Waals surface area contributed by atoms with Crippen molar-refractivity contribution in [1.29, 1.82) is 0 Å². The zero-order chi connectivity index (χ0) is 41.4. The predicted octanol–water partition coefficient (Wildman–Crippen LogP) is 4.98. The van der Waals surface area contributed by atoms with Gasteiger partial charge in [-0.1, -0.05) is 37.9 Å². The van der Waals surface area contributed by atoms with Gasteiger partial charge in [0.25, 0.3) is 0 Å². The van der Waals surface area contributed by atoms with Crippen molar-refractivity contribution in [2.24, 2.45) is 11.3 Å². The van der Waals surface area contributed by atoms with Crippen molar-refractivity contribution in [3.8, 4) is 0 Å². The number of ether oxygens (including phenoxy) is 1. The molecule has 8 rings (SSSR count). The maximum absolute atomic E-state index is 12.4. The molecule has 0 radical (unpaired) electrons. The Balaban J connectivity index is 0.000000186. The van der Waals surface area contributed by atoms with Crippen molar-refractivity contribution >= 4 is 52.8 Å². The summed E-state index contributed by atoms with van der Waals surface area (Å²) in [5.74, 6) is -0.150. The number of fused-ring (bicyclic) bond motifs is 7. The molecule has 4 aliphatic heterocycles. The summed E-state index contributed by atoms with van der Waals surface area (Å²) in [4.78, 5) is 49.3. The number of furan rings is 1. The number of carbonyl (C=O) groups excluding carboxylic acids is 4. The van der Waals surface area contributed by atoms with Gasteiger partial charge in [-0.2, -0.15) is 0 Å². The number of aliphatic hydroxyl groups is 2. The minimum Gasteiger partial charge on any atom is -0.464 e. The van der Waals surface area contributed by atoms with Crippen molar-refractivity contribution in [3.63, 3.8) is 0 Å². The normalized spacial score (nSPS) is 28.9. The van der Waals surface area contributed by atoms with Gasteiger partial charge in [-0.05, 0) is 143 Å². The third kappa shape index (κ3) is 9.85. The van der Waals surface area contributed by atoms with Crippen molar-refractivity contribution < 1.29 is 48.6 Å². The monoisotopic (exact) mass is 809 g/mol. The average molecular weight is 810 g/mol. The third-order valence-electron chi connectivity index (χ3n) is 13.2. The quantitative estimate of drug-likeness (QED) is 0.118. The SMILES string of the molecule is C=CC(=O)Cl.C=CC(=O)N1C2CCC1(CO)CC2.C=CC(=O)N1C2CCC1(COC(=O)N[C@@H](Cc1coc3ccccc13)B(O)O)CC2.OCC12CCC(CC1)C2. The number of nitrogens with one attached hydrogen (secondary N) is 1. The molecule has 1 atom stereocenters. The number of hydrogen-bond donors (Lipinski definition) is 5. The van der Waals surface area contributed by atoms with Crippen molar-refractivity contribution in [2.45, 2.75) is 119 Å². The first-order valence-electron chi connectivity index (χ1n) is 20.0. The molecule has 5 N–H and O–H groups in total. The lowest BCUT2D eigenvalue weighted by atomic mass is 9.76. The van der Waals surface area contributed by atoms with Gasteiger partial charge in [-0.15, -0.1) is 0 Å². The molecule has 310 valence electrons. The fraction of sp³-hybridized carbons (Fsp3) is 0.571. The van der Waals surface area contributed by atoms with E-state index in [1.54, 1.807) is 11.2 Å². The van der Waals surface area contributed by atoms with E-state index < -0.39 is 29.9 Å². The van der Waals surface area contributed by atoms with Gasteiger partial charge in [0.1, 0.15) is 12.2 Å². The Morgan fingerprint density at radius 2 is 1.40 bits per heavy atom. The molecule has 2 aliphatic carbocycles. The number of benzene rings is 1. The Bertz CT molecular complexity index is 1760. The summed E-state index contributed by atoms with van der Waals surface area (Å²) in [7, 11) is -1.77. The summed E-state index contributed by atoms with van der Waals surface area (Å²) in [5.41, 5.74) is 1.10.